The fourth-order valence-electron chi connectivity index (χ4n) is 2.71. The zero-order valence-electron chi connectivity index (χ0n) is 14.7. The van der Waals surface area contributed by atoms with Crippen LogP contribution in [-0.4, -0.2) is 22.6 Å². The largest absolute Gasteiger partial charge is 0.339 e. The number of hydrogen-bond acceptors (Lipinski definition) is 5. The fraction of sp³-hybridized carbons (Fsp3) is 0.316. The van der Waals surface area contributed by atoms with Crippen molar-refractivity contribution in [1.29, 1.82) is 0 Å². The Hall–Kier alpha value is -2.47. The highest BCUT2D eigenvalue weighted by Gasteiger charge is 2.18. The number of anilines is 1. The Kier molecular flexibility index (Phi) is 5.28. The number of amides is 1. The van der Waals surface area contributed by atoms with Crippen molar-refractivity contribution < 1.29 is 9.32 Å². The van der Waals surface area contributed by atoms with Crippen LogP contribution >= 0.6 is 11.3 Å². The molecule has 5 nitrogen and oxygen atoms in total. The Morgan fingerprint density at radius 2 is 2.12 bits per heavy atom. The Balaban J connectivity index is 1.68. The quantitative estimate of drug-likeness (QED) is 0.657. The predicted molar refractivity (Wildman–Crippen MR) is 99.9 cm³/mol. The Morgan fingerprint density at radius 3 is 2.84 bits per heavy atom. The van der Waals surface area contributed by atoms with Gasteiger partial charge >= 0.3 is 0 Å². The van der Waals surface area contributed by atoms with Crippen LogP contribution in [0.1, 0.15) is 30.4 Å². The molecule has 0 N–H and O–H groups in total. The maximum Gasteiger partial charge on any atom is 0.227 e. The number of carbonyl (C=O) groups is 1. The fourth-order valence-corrected chi connectivity index (χ4v) is 3.34. The lowest BCUT2D eigenvalue weighted by Crippen LogP contribution is -2.31. The Labute approximate surface area is 151 Å². The molecule has 0 fully saturated rings. The Bertz CT molecular complexity index is 855. The first-order valence-electron chi connectivity index (χ1n) is 8.31. The molecule has 25 heavy (non-hydrogen) atoms. The van der Waals surface area contributed by atoms with Crippen molar-refractivity contribution in [3.63, 3.8) is 0 Å². The van der Waals surface area contributed by atoms with E-state index in [1.54, 1.807) is 11.3 Å². The lowest BCUT2D eigenvalue weighted by atomic mass is 10.1. The smallest absolute Gasteiger partial charge is 0.227 e. The summed E-state index contributed by atoms with van der Waals surface area (Å²) in [5.74, 6) is 1.13. The number of thiophene rings is 1. The zero-order valence-corrected chi connectivity index (χ0v) is 15.5. The van der Waals surface area contributed by atoms with Crippen LogP contribution in [0.15, 0.2) is 39.5 Å². The van der Waals surface area contributed by atoms with Gasteiger partial charge in [0.15, 0.2) is 0 Å². The molecule has 130 valence electrons. The summed E-state index contributed by atoms with van der Waals surface area (Å²) in [6.07, 6.45) is 0.782. The molecular weight excluding hydrogens is 334 g/mol. The Morgan fingerprint density at radius 1 is 1.28 bits per heavy atom. The second-order valence-corrected chi connectivity index (χ2v) is 6.73. The molecule has 1 amide bonds. The third-order valence-electron chi connectivity index (χ3n) is 4.07. The van der Waals surface area contributed by atoms with Crippen molar-refractivity contribution in [2.75, 3.05) is 11.4 Å². The normalized spacial score (nSPS) is 10.8. The van der Waals surface area contributed by atoms with Gasteiger partial charge in [-0.1, -0.05) is 17.3 Å². The second-order valence-electron chi connectivity index (χ2n) is 5.95. The van der Waals surface area contributed by atoms with Crippen molar-refractivity contribution >= 4 is 22.9 Å². The van der Waals surface area contributed by atoms with Crippen molar-refractivity contribution in [3.05, 3.63) is 52.0 Å². The van der Waals surface area contributed by atoms with Crippen LogP contribution in [0.5, 0.6) is 0 Å². The van der Waals surface area contributed by atoms with Gasteiger partial charge in [0, 0.05) is 36.0 Å². The average molecular weight is 355 g/mol. The first kappa shape index (κ1) is 17.4. The maximum absolute atomic E-state index is 12.7. The number of carbonyl (C=O) groups excluding carboxylic acids is 1. The molecule has 0 bridgehead atoms. The minimum Gasteiger partial charge on any atom is -0.339 e. The highest BCUT2D eigenvalue weighted by atomic mass is 32.1. The monoisotopic (exact) mass is 355 g/mol. The van der Waals surface area contributed by atoms with Crippen molar-refractivity contribution in [1.82, 2.24) is 10.1 Å². The molecule has 2 aromatic heterocycles. The molecule has 0 aliphatic heterocycles. The van der Waals surface area contributed by atoms with E-state index in [0.29, 0.717) is 31.1 Å². The van der Waals surface area contributed by atoms with Crippen LogP contribution in [0.4, 0.5) is 5.69 Å². The molecule has 0 atom stereocenters. The number of benzene rings is 1. The molecule has 1 aromatic carbocycles. The molecule has 0 aliphatic rings. The highest BCUT2D eigenvalue weighted by Crippen LogP contribution is 2.23. The van der Waals surface area contributed by atoms with Gasteiger partial charge in [-0.25, -0.2) is 0 Å². The molecular formula is C19H21N3O2S. The van der Waals surface area contributed by atoms with E-state index in [9.17, 15) is 4.79 Å². The van der Waals surface area contributed by atoms with Gasteiger partial charge in [0.1, 0.15) is 0 Å². The van der Waals surface area contributed by atoms with E-state index < -0.39 is 0 Å². The number of nitrogens with zero attached hydrogens (tertiary/aromatic N) is 3. The third-order valence-corrected chi connectivity index (χ3v) is 4.76. The minimum absolute atomic E-state index is 0.0616. The van der Waals surface area contributed by atoms with E-state index in [0.717, 1.165) is 22.4 Å². The summed E-state index contributed by atoms with van der Waals surface area (Å²) in [5.41, 5.74) is 4.15. The van der Waals surface area contributed by atoms with E-state index in [4.69, 9.17) is 4.52 Å². The minimum atomic E-state index is 0.0616. The third kappa shape index (κ3) is 3.96. The summed E-state index contributed by atoms with van der Waals surface area (Å²) < 4.78 is 5.27. The molecule has 0 unspecified atom stereocenters. The van der Waals surface area contributed by atoms with E-state index in [1.165, 1.54) is 0 Å². The first-order chi connectivity index (χ1) is 12.1. The van der Waals surface area contributed by atoms with E-state index in [-0.39, 0.29) is 5.91 Å². The van der Waals surface area contributed by atoms with Gasteiger partial charge < -0.3 is 9.42 Å². The SMILES string of the molecule is CCN(C(=O)CCc1nc(-c2ccsc2)no1)c1cc(C)ccc1C. The molecule has 3 rings (SSSR count). The summed E-state index contributed by atoms with van der Waals surface area (Å²) in [7, 11) is 0. The average Bonchev–Trinajstić information content (AvgIpc) is 3.27. The number of aryl methyl sites for hydroxylation is 3. The molecule has 0 spiro atoms. The van der Waals surface area contributed by atoms with Gasteiger partial charge in [-0.3, -0.25) is 4.79 Å². The molecule has 0 saturated heterocycles. The van der Waals surface area contributed by atoms with E-state index in [2.05, 4.69) is 22.3 Å². The molecule has 3 aromatic rings. The van der Waals surface area contributed by atoms with Crippen LogP contribution in [0.3, 0.4) is 0 Å². The number of hydrogen-bond donors (Lipinski definition) is 0. The second kappa shape index (κ2) is 7.61. The van der Waals surface area contributed by atoms with Crippen molar-refractivity contribution in [2.45, 2.75) is 33.6 Å². The van der Waals surface area contributed by atoms with Gasteiger partial charge in [-0.2, -0.15) is 16.3 Å². The maximum atomic E-state index is 12.7. The van der Waals surface area contributed by atoms with E-state index in [1.807, 2.05) is 48.6 Å². The lowest BCUT2D eigenvalue weighted by Gasteiger charge is -2.23. The summed E-state index contributed by atoms with van der Waals surface area (Å²) in [6.45, 7) is 6.68. The zero-order chi connectivity index (χ0) is 17.8. The topological polar surface area (TPSA) is 59.2 Å². The van der Waals surface area contributed by atoms with Gasteiger partial charge in [0.2, 0.25) is 17.6 Å². The van der Waals surface area contributed by atoms with Gasteiger partial charge in [0.05, 0.1) is 0 Å². The molecule has 0 saturated carbocycles. The van der Waals surface area contributed by atoms with Crippen LogP contribution < -0.4 is 4.90 Å². The number of aromatic nitrogens is 2. The van der Waals surface area contributed by atoms with Crippen molar-refractivity contribution in [2.24, 2.45) is 0 Å². The van der Waals surface area contributed by atoms with Crippen LogP contribution in [0, 0.1) is 13.8 Å². The summed E-state index contributed by atoms with van der Waals surface area (Å²) in [6, 6.07) is 8.11. The highest BCUT2D eigenvalue weighted by molar-refractivity contribution is 7.08. The summed E-state index contributed by atoms with van der Waals surface area (Å²) >= 11 is 1.59. The van der Waals surface area contributed by atoms with Crippen LogP contribution in [0.2, 0.25) is 0 Å². The standard InChI is InChI=1S/C19H21N3O2S/c1-4-22(16-11-13(2)5-6-14(16)3)18(23)8-7-17-20-19(21-24-17)15-9-10-25-12-15/h5-6,9-12H,4,7-8H2,1-3H3. The molecule has 6 heteroatoms. The molecule has 0 aliphatic carbocycles. The lowest BCUT2D eigenvalue weighted by molar-refractivity contribution is -0.118. The van der Waals surface area contributed by atoms with Gasteiger partial charge in [-0.05, 0) is 49.4 Å². The molecule has 2 heterocycles. The van der Waals surface area contributed by atoms with Gasteiger partial charge in [0.25, 0.3) is 0 Å². The van der Waals surface area contributed by atoms with Crippen molar-refractivity contribution in [3.8, 4) is 11.4 Å². The van der Waals surface area contributed by atoms with E-state index >= 15 is 0 Å². The predicted octanol–water partition coefficient (Wildman–Crippen LogP) is 4.40. The summed E-state index contributed by atoms with van der Waals surface area (Å²) in [5, 5.41) is 7.92. The number of rotatable bonds is 6. The van der Waals surface area contributed by atoms with Crippen LogP contribution in [-0.2, 0) is 11.2 Å². The molecule has 0 radical (unpaired) electrons. The van der Waals surface area contributed by atoms with Crippen LogP contribution in [0.25, 0.3) is 11.4 Å². The summed E-state index contributed by atoms with van der Waals surface area (Å²) in [4.78, 5) is 18.9. The first-order valence-corrected chi connectivity index (χ1v) is 9.25. The van der Waals surface area contributed by atoms with Gasteiger partial charge in [-0.15, -0.1) is 0 Å².